The average molecular weight is 776 g/mol. The van der Waals surface area contributed by atoms with E-state index in [-0.39, 0.29) is 93.6 Å². The van der Waals surface area contributed by atoms with Gasteiger partial charge in [-0.25, -0.2) is 0 Å². The van der Waals surface area contributed by atoms with Gasteiger partial charge in [-0.05, 0) is 36.4 Å². The molecule has 5 rings (SSSR count). The fraction of sp³-hybridized carbons (Fsp3) is 0.429. The van der Waals surface area contributed by atoms with Crippen molar-refractivity contribution in [2.45, 2.75) is 0 Å². The molecule has 216 valence electrons. The van der Waals surface area contributed by atoms with Crippen molar-refractivity contribution >= 4 is 34.8 Å². The summed E-state index contributed by atoms with van der Waals surface area (Å²) in [7, 11) is 4.05. The summed E-state index contributed by atoms with van der Waals surface area (Å²) in [5.41, 5.74) is 2.02. The molecule has 2 amide bonds. The van der Waals surface area contributed by atoms with Gasteiger partial charge in [0.05, 0.1) is 40.5 Å². The Morgan fingerprint density at radius 2 is 1.00 bits per heavy atom. The van der Waals surface area contributed by atoms with Crippen molar-refractivity contribution in [2.75, 3.05) is 90.4 Å². The van der Waals surface area contributed by atoms with E-state index in [0.717, 1.165) is 26.2 Å². The lowest BCUT2D eigenvalue weighted by molar-refractivity contribution is -0.909. The maximum absolute atomic E-state index is 13.3. The van der Waals surface area contributed by atoms with E-state index in [2.05, 4.69) is 10.6 Å². The normalized spacial score (nSPS) is 18.8. The van der Waals surface area contributed by atoms with E-state index >= 15 is 0 Å². The van der Waals surface area contributed by atoms with Gasteiger partial charge in [0.2, 0.25) is 0 Å². The molecule has 2 aromatic carbocycles. The number of amides is 2. The Hall–Kier alpha value is -1.98. The molecule has 1 aliphatic carbocycles. The number of morpholine rings is 2. The zero-order valence-corrected chi connectivity index (χ0v) is 27.0. The summed E-state index contributed by atoms with van der Waals surface area (Å²) in [6.45, 7) is 6.14. The first-order valence-corrected chi connectivity index (χ1v) is 12.9. The van der Waals surface area contributed by atoms with Crippen LogP contribution in [0.1, 0.15) is 31.8 Å². The van der Waals surface area contributed by atoms with Gasteiger partial charge in [-0.1, -0.05) is 0 Å². The van der Waals surface area contributed by atoms with E-state index in [1.807, 2.05) is 14.1 Å². The number of anilines is 2. The number of hydrogen-bond acceptors (Lipinski definition) is 6. The highest BCUT2D eigenvalue weighted by Gasteiger charge is 2.32. The molecule has 3 aliphatic rings. The average Bonchev–Trinajstić information content (AvgIpc) is 2.87. The maximum atomic E-state index is 13.3. The Bertz CT molecular complexity index is 1210. The molecule has 2 saturated heterocycles. The van der Waals surface area contributed by atoms with E-state index in [4.69, 9.17) is 9.47 Å². The van der Waals surface area contributed by atoms with Crippen LogP contribution in [-0.2, 0) is 19.1 Å². The standard InChI is InChI=1S/C28H32N4O6.2HI/c1-31(7-11-37-12-8-31)17-25(33)29-19-3-5-21-23(15-19)27(35)22-6-4-20(16-24(22)28(21)36)30-26(34)18-32(2)9-13-38-14-10-32;;/h3-6,15-16H,7-14,17-18H2,1-2H3;2*1H. The lowest BCUT2D eigenvalue weighted by Crippen LogP contribution is -3.00. The zero-order valence-electron chi connectivity index (χ0n) is 22.6. The van der Waals surface area contributed by atoms with Gasteiger partial charge in [-0.3, -0.25) is 19.2 Å². The number of nitrogens with one attached hydrogen (secondary N) is 2. The Morgan fingerprint density at radius 3 is 1.35 bits per heavy atom. The molecule has 2 aliphatic heterocycles. The van der Waals surface area contributed by atoms with Crippen LogP contribution in [0.25, 0.3) is 0 Å². The monoisotopic (exact) mass is 776 g/mol. The number of rotatable bonds is 6. The molecule has 2 aromatic rings. The van der Waals surface area contributed by atoms with Gasteiger partial charge in [-0.15, -0.1) is 0 Å². The van der Waals surface area contributed by atoms with Crippen molar-refractivity contribution in [1.29, 1.82) is 0 Å². The highest BCUT2D eigenvalue weighted by Crippen LogP contribution is 2.31. The molecule has 2 fully saturated rings. The number of nitrogens with zero attached hydrogens (tertiary/aromatic N) is 2. The summed E-state index contributed by atoms with van der Waals surface area (Å²) in [5.74, 6) is -0.889. The summed E-state index contributed by atoms with van der Waals surface area (Å²) in [5, 5.41) is 5.75. The molecule has 10 nitrogen and oxygen atoms in total. The lowest BCUT2D eigenvalue weighted by atomic mass is 9.83. The minimum atomic E-state index is -0.290. The summed E-state index contributed by atoms with van der Waals surface area (Å²) in [6.07, 6.45) is 0. The first-order valence-electron chi connectivity index (χ1n) is 12.9. The van der Waals surface area contributed by atoms with E-state index < -0.39 is 0 Å². The Balaban J connectivity index is 0.00000220. The second kappa shape index (κ2) is 13.3. The molecule has 0 radical (unpaired) electrons. The minimum Gasteiger partial charge on any atom is -1.00 e. The van der Waals surface area contributed by atoms with Gasteiger partial charge < -0.3 is 77.0 Å². The van der Waals surface area contributed by atoms with Crippen LogP contribution in [0.3, 0.4) is 0 Å². The molecular weight excluding hydrogens is 742 g/mol. The minimum absolute atomic E-state index is 0. The first kappa shape index (κ1) is 32.5. The fourth-order valence-corrected chi connectivity index (χ4v) is 5.28. The van der Waals surface area contributed by atoms with Crippen LogP contribution in [0.4, 0.5) is 11.4 Å². The number of carbonyl (C=O) groups excluding carboxylic acids is 4. The van der Waals surface area contributed by atoms with Crippen molar-refractivity contribution in [1.82, 2.24) is 0 Å². The van der Waals surface area contributed by atoms with Gasteiger partial charge >= 0.3 is 0 Å². The van der Waals surface area contributed by atoms with Crippen molar-refractivity contribution < 1.29 is 85.6 Å². The largest absolute Gasteiger partial charge is 1.00 e. The number of benzene rings is 2. The van der Waals surface area contributed by atoms with Crippen LogP contribution >= 0.6 is 0 Å². The molecule has 2 heterocycles. The Kier molecular flexibility index (Phi) is 10.8. The predicted octanol–water partition coefficient (Wildman–Crippen LogP) is -4.70. The second-order valence-corrected chi connectivity index (χ2v) is 10.9. The third-order valence-corrected chi connectivity index (χ3v) is 7.74. The molecule has 40 heavy (non-hydrogen) atoms. The molecule has 2 N–H and O–H groups in total. The van der Waals surface area contributed by atoms with E-state index in [9.17, 15) is 19.2 Å². The molecule has 0 unspecified atom stereocenters. The maximum Gasteiger partial charge on any atom is 0.279 e. The summed E-state index contributed by atoms with van der Waals surface area (Å²) < 4.78 is 12.0. The van der Waals surface area contributed by atoms with Gasteiger partial charge in [0.1, 0.15) is 26.2 Å². The highest BCUT2D eigenvalue weighted by molar-refractivity contribution is 6.29. The number of quaternary nitrogens is 2. The van der Waals surface area contributed by atoms with Crippen LogP contribution in [-0.4, -0.2) is 112 Å². The van der Waals surface area contributed by atoms with Crippen molar-refractivity contribution in [3.05, 3.63) is 58.7 Å². The smallest absolute Gasteiger partial charge is 0.279 e. The zero-order chi connectivity index (χ0) is 26.9. The number of hydrogen-bond donors (Lipinski definition) is 2. The van der Waals surface area contributed by atoms with Crippen molar-refractivity contribution in [3.63, 3.8) is 0 Å². The number of carbonyl (C=O) groups is 4. The van der Waals surface area contributed by atoms with Gasteiger partial charge in [0.25, 0.3) is 11.8 Å². The van der Waals surface area contributed by atoms with Crippen LogP contribution in [0.2, 0.25) is 0 Å². The van der Waals surface area contributed by atoms with Gasteiger partial charge in [0, 0.05) is 33.6 Å². The Labute approximate surface area is 268 Å². The number of fused-ring (bicyclic) bond motifs is 2. The Morgan fingerprint density at radius 1 is 0.650 bits per heavy atom. The second-order valence-electron chi connectivity index (χ2n) is 10.9. The number of likely N-dealkylation sites (N-methyl/N-ethyl adjacent to an activating group) is 2. The summed E-state index contributed by atoms with van der Waals surface area (Å²) in [6, 6.07) is 9.58. The number of ketones is 2. The van der Waals surface area contributed by atoms with Crippen LogP contribution in [0.15, 0.2) is 36.4 Å². The third kappa shape index (κ3) is 7.26. The van der Waals surface area contributed by atoms with E-state index in [0.29, 0.717) is 59.9 Å². The molecule has 0 spiro atoms. The van der Waals surface area contributed by atoms with E-state index in [1.165, 1.54) is 0 Å². The SMILES string of the molecule is C[N+]1(CC(=O)Nc2ccc3c(c2)C(=O)c2ccc(NC(=O)C[N+]4(C)CCOCC4)cc2C3=O)CCOCC1.[I-].[I-]. The van der Waals surface area contributed by atoms with Crippen LogP contribution in [0, 0.1) is 0 Å². The lowest BCUT2D eigenvalue weighted by Gasteiger charge is -2.36. The molecular formula is C28H34I2N4O6. The van der Waals surface area contributed by atoms with E-state index in [1.54, 1.807) is 36.4 Å². The van der Waals surface area contributed by atoms with Crippen LogP contribution in [0.5, 0.6) is 0 Å². The first-order chi connectivity index (χ1) is 18.1. The molecule has 12 heteroatoms. The van der Waals surface area contributed by atoms with Crippen molar-refractivity contribution in [2.24, 2.45) is 0 Å². The van der Waals surface area contributed by atoms with Crippen LogP contribution < -0.4 is 58.6 Å². The third-order valence-electron chi connectivity index (χ3n) is 7.74. The summed E-state index contributed by atoms with van der Waals surface area (Å²) in [4.78, 5) is 52.0. The molecule has 0 bridgehead atoms. The predicted molar refractivity (Wildman–Crippen MR) is 140 cm³/mol. The number of ether oxygens (including phenoxy) is 2. The molecule has 0 aromatic heterocycles. The topological polar surface area (TPSA) is 111 Å². The fourth-order valence-electron chi connectivity index (χ4n) is 5.28. The van der Waals surface area contributed by atoms with Crippen molar-refractivity contribution in [3.8, 4) is 0 Å². The highest BCUT2D eigenvalue weighted by atomic mass is 127. The van der Waals surface area contributed by atoms with Gasteiger partial charge in [0.15, 0.2) is 24.7 Å². The number of halogens is 2. The molecule has 0 saturated carbocycles. The molecule has 0 atom stereocenters. The summed E-state index contributed by atoms with van der Waals surface area (Å²) >= 11 is 0. The quantitative estimate of drug-likeness (QED) is 0.193. The van der Waals surface area contributed by atoms with Gasteiger partial charge in [-0.2, -0.15) is 0 Å².